The van der Waals surface area contributed by atoms with Crippen LogP contribution in [0.3, 0.4) is 0 Å². The summed E-state index contributed by atoms with van der Waals surface area (Å²) in [5.41, 5.74) is 0.587. The molecular formula is C17H24N2O5. The van der Waals surface area contributed by atoms with Gasteiger partial charge in [-0.15, -0.1) is 0 Å². The van der Waals surface area contributed by atoms with Crippen LogP contribution in [0.2, 0.25) is 0 Å². The Morgan fingerprint density at radius 3 is 2.62 bits per heavy atom. The quantitative estimate of drug-likeness (QED) is 0.729. The van der Waals surface area contributed by atoms with Crippen molar-refractivity contribution in [1.82, 2.24) is 9.88 Å². The maximum atomic E-state index is 11.8. The molecular weight excluding hydrogens is 312 g/mol. The van der Waals surface area contributed by atoms with Crippen LogP contribution >= 0.6 is 0 Å². The zero-order chi connectivity index (χ0) is 17.9. The van der Waals surface area contributed by atoms with Gasteiger partial charge in [0.15, 0.2) is 6.29 Å². The van der Waals surface area contributed by atoms with Gasteiger partial charge in [-0.3, -0.25) is 0 Å². The van der Waals surface area contributed by atoms with Crippen LogP contribution in [-0.2, 0) is 4.74 Å². The van der Waals surface area contributed by atoms with Crippen molar-refractivity contribution < 1.29 is 24.5 Å². The zero-order valence-corrected chi connectivity index (χ0v) is 14.4. The minimum atomic E-state index is -1.54. The molecule has 0 aliphatic rings. The van der Waals surface area contributed by atoms with Gasteiger partial charge in [-0.1, -0.05) is 0 Å². The van der Waals surface area contributed by atoms with Crippen molar-refractivity contribution in [3.05, 3.63) is 30.0 Å². The van der Waals surface area contributed by atoms with E-state index >= 15 is 0 Å². The summed E-state index contributed by atoms with van der Waals surface area (Å²) < 4.78 is 10.9. The number of aromatic amines is 1. The normalized spacial score (nSPS) is 11.8. The number of hydrogen-bond acceptors (Lipinski definition) is 5. The van der Waals surface area contributed by atoms with Gasteiger partial charge in [0.2, 0.25) is 0 Å². The Hall–Kier alpha value is -2.25. The third kappa shape index (κ3) is 4.87. The number of H-pyrrole nitrogens is 1. The number of hydrogen-bond donors (Lipinski definition) is 3. The molecule has 0 aliphatic carbocycles. The summed E-state index contributed by atoms with van der Waals surface area (Å²) in [5, 5.41) is 19.2. The molecule has 0 unspecified atom stereocenters. The summed E-state index contributed by atoms with van der Waals surface area (Å²) in [6, 6.07) is 7.03. The second kappa shape index (κ2) is 7.11. The smallest absolute Gasteiger partial charge is 0.410 e. The number of benzene rings is 1. The van der Waals surface area contributed by atoms with Gasteiger partial charge in [0.1, 0.15) is 18.0 Å². The van der Waals surface area contributed by atoms with Crippen LogP contribution in [0.25, 0.3) is 10.9 Å². The maximum absolute atomic E-state index is 11.8. The summed E-state index contributed by atoms with van der Waals surface area (Å²) in [6.45, 7) is 6.17. The molecule has 7 heteroatoms. The Labute approximate surface area is 140 Å². The van der Waals surface area contributed by atoms with E-state index in [2.05, 4.69) is 4.98 Å². The second-order valence-electron chi connectivity index (χ2n) is 6.60. The van der Waals surface area contributed by atoms with E-state index in [1.54, 1.807) is 31.3 Å². The highest BCUT2D eigenvalue weighted by atomic mass is 16.6. The fourth-order valence-electron chi connectivity index (χ4n) is 2.09. The lowest BCUT2D eigenvalue weighted by atomic mass is 10.2. The molecule has 0 atom stereocenters. The number of carbonyl (C=O) groups is 1. The van der Waals surface area contributed by atoms with Crippen LogP contribution in [0.4, 0.5) is 4.79 Å². The highest BCUT2D eigenvalue weighted by Gasteiger charge is 2.19. The van der Waals surface area contributed by atoms with Crippen molar-refractivity contribution in [1.29, 1.82) is 0 Å². The number of ether oxygens (including phenoxy) is 2. The van der Waals surface area contributed by atoms with Crippen LogP contribution in [0.5, 0.6) is 5.75 Å². The van der Waals surface area contributed by atoms with Gasteiger partial charge in [-0.2, -0.15) is 0 Å². The lowest BCUT2D eigenvalue weighted by Crippen LogP contribution is -2.36. The van der Waals surface area contributed by atoms with Crippen LogP contribution in [0.1, 0.15) is 32.8 Å². The molecule has 0 saturated heterocycles. The predicted molar refractivity (Wildman–Crippen MR) is 89.8 cm³/mol. The number of aromatic nitrogens is 1. The van der Waals surface area contributed by atoms with Crippen molar-refractivity contribution >= 4 is 17.0 Å². The van der Waals surface area contributed by atoms with E-state index < -0.39 is 18.0 Å². The second-order valence-corrected chi connectivity index (χ2v) is 6.60. The first-order valence-corrected chi connectivity index (χ1v) is 7.71. The third-order valence-electron chi connectivity index (χ3n) is 3.29. The number of amides is 1. The molecule has 2 aromatic rings. The van der Waals surface area contributed by atoms with Crippen LogP contribution in [-0.4, -0.2) is 52.0 Å². The molecule has 1 amide bonds. The lowest BCUT2D eigenvalue weighted by Gasteiger charge is -2.24. The lowest BCUT2D eigenvalue weighted by molar-refractivity contribution is -0.0453. The number of fused-ring (bicyclic) bond motifs is 1. The number of rotatable bonds is 5. The number of carbonyl (C=O) groups excluding carboxylic acids is 1. The number of likely N-dealkylation sites (N-methyl/N-ethyl adjacent to an activating group) is 1. The van der Waals surface area contributed by atoms with E-state index in [0.29, 0.717) is 24.6 Å². The summed E-state index contributed by atoms with van der Waals surface area (Å²) in [5.74, 6) is 0.637. The van der Waals surface area contributed by atoms with E-state index in [1.165, 1.54) is 4.90 Å². The number of nitrogens with zero attached hydrogens (tertiary/aromatic N) is 1. The Bertz CT molecular complexity index is 703. The molecule has 132 valence electrons. The van der Waals surface area contributed by atoms with E-state index in [1.807, 2.05) is 20.8 Å². The van der Waals surface area contributed by atoms with E-state index in [9.17, 15) is 15.0 Å². The van der Waals surface area contributed by atoms with Crippen molar-refractivity contribution in [2.45, 2.75) is 32.7 Å². The largest absolute Gasteiger partial charge is 0.492 e. The molecule has 0 fully saturated rings. The van der Waals surface area contributed by atoms with Crippen molar-refractivity contribution in [2.75, 3.05) is 20.2 Å². The topological polar surface area (TPSA) is 95.0 Å². The standard InChI is InChI=1S/C17H24N2O5/c1-17(2,3)24-16(22)19(4)7-8-23-12-5-6-13-11(9-12)10-14(18-13)15(20)21/h5-6,9-10,15,18,20-21H,7-8H2,1-4H3. The molecule has 2 rings (SSSR count). The molecule has 0 radical (unpaired) electrons. The number of nitrogens with one attached hydrogen (secondary N) is 1. The first-order valence-electron chi connectivity index (χ1n) is 7.71. The molecule has 0 bridgehead atoms. The highest BCUT2D eigenvalue weighted by Crippen LogP contribution is 2.23. The molecule has 1 aromatic carbocycles. The molecule has 7 nitrogen and oxygen atoms in total. The van der Waals surface area contributed by atoms with Gasteiger partial charge < -0.3 is 29.6 Å². The van der Waals surface area contributed by atoms with Crippen molar-refractivity contribution in [3.63, 3.8) is 0 Å². The Morgan fingerprint density at radius 2 is 2.00 bits per heavy atom. The molecule has 0 aliphatic heterocycles. The molecule has 1 heterocycles. The van der Waals surface area contributed by atoms with Crippen molar-refractivity contribution in [3.8, 4) is 5.75 Å². The Morgan fingerprint density at radius 1 is 1.29 bits per heavy atom. The summed E-state index contributed by atoms with van der Waals surface area (Å²) >= 11 is 0. The summed E-state index contributed by atoms with van der Waals surface area (Å²) in [7, 11) is 1.65. The molecule has 1 aromatic heterocycles. The van der Waals surface area contributed by atoms with Gasteiger partial charge in [0, 0.05) is 18.0 Å². The highest BCUT2D eigenvalue weighted by molar-refractivity contribution is 5.82. The fourth-order valence-corrected chi connectivity index (χ4v) is 2.09. The van der Waals surface area contributed by atoms with Gasteiger partial charge in [0.05, 0.1) is 12.2 Å². The van der Waals surface area contributed by atoms with Crippen LogP contribution in [0, 0.1) is 0 Å². The van der Waals surface area contributed by atoms with Gasteiger partial charge in [-0.05, 0) is 45.0 Å². The van der Waals surface area contributed by atoms with Crippen molar-refractivity contribution in [2.24, 2.45) is 0 Å². The van der Waals surface area contributed by atoms with Gasteiger partial charge in [0.25, 0.3) is 0 Å². The van der Waals surface area contributed by atoms with Gasteiger partial charge >= 0.3 is 6.09 Å². The van der Waals surface area contributed by atoms with E-state index in [-0.39, 0.29) is 0 Å². The SMILES string of the molecule is CN(CCOc1ccc2[nH]c(C(O)O)cc2c1)C(=O)OC(C)(C)C. The van der Waals surface area contributed by atoms with E-state index in [4.69, 9.17) is 9.47 Å². The zero-order valence-electron chi connectivity index (χ0n) is 14.4. The summed E-state index contributed by atoms with van der Waals surface area (Å²) in [4.78, 5) is 16.2. The average Bonchev–Trinajstić information content (AvgIpc) is 2.88. The van der Waals surface area contributed by atoms with E-state index in [0.717, 1.165) is 10.9 Å². The third-order valence-corrected chi connectivity index (χ3v) is 3.29. The first kappa shape index (κ1) is 18.1. The first-order chi connectivity index (χ1) is 11.2. The summed E-state index contributed by atoms with van der Waals surface area (Å²) in [6.07, 6.45) is -1.93. The minimum absolute atomic E-state index is 0.321. The minimum Gasteiger partial charge on any atom is -0.492 e. The molecule has 24 heavy (non-hydrogen) atoms. The van der Waals surface area contributed by atoms with Gasteiger partial charge in [-0.25, -0.2) is 4.79 Å². The fraction of sp³-hybridized carbons (Fsp3) is 0.471. The molecule has 0 spiro atoms. The van der Waals surface area contributed by atoms with Crippen LogP contribution < -0.4 is 4.74 Å². The van der Waals surface area contributed by atoms with Crippen LogP contribution in [0.15, 0.2) is 24.3 Å². The molecule has 0 saturated carbocycles. The Kier molecular flexibility index (Phi) is 5.36. The monoisotopic (exact) mass is 336 g/mol. The average molecular weight is 336 g/mol. The number of aliphatic hydroxyl groups excluding tert-OH is 1. The molecule has 3 N–H and O–H groups in total. The maximum Gasteiger partial charge on any atom is 0.410 e. The predicted octanol–water partition coefficient (Wildman–Crippen LogP) is 2.40. The number of aliphatic hydroxyl groups is 2. The Balaban J connectivity index is 1.90.